The molecule has 2 N–H and O–H groups in total. The summed E-state index contributed by atoms with van der Waals surface area (Å²) in [5.74, 6) is -0.359. The van der Waals surface area contributed by atoms with Gasteiger partial charge in [-0.3, -0.25) is 4.98 Å². The van der Waals surface area contributed by atoms with Crippen molar-refractivity contribution in [3.8, 4) is 11.3 Å². The maximum atomic E-state index is 13.1. The highest BCUT2D eigenvalue weighted by Gasteiger charge is 2.25. The molecule has 96 valence electrons. The molecule has 0 aliphatic rings. The Bertz CT molecular complexity index is 545. The second-order valence-electron chi connectivity index (χ2n) is 5.31. The number of nitrogens with two attached hydrogens (primary N) is 1. The number of pyridine rings is 1. The minimum atomic E-state index is -0.359. The normalized spacial score (nSPS) is 13.6. The Morgan fingerprint density at radius 2 is 2.06 bits per heavy atom. The first-order valence-electron chi connectivity index (χ1n) is 5.70. The van der Waals surface area contributed by atoms with E-state index < -0.39 is 0 Å². The molecule has 0 saturated heterocycles. The van der Waals surface area contributed by atoms with Crippen molar-refractivity contribution < 1.29 is 4.39 Å². The average molecular weight is 265 g/mol. The third-order valence-corrected chi connectivity index (χ3v) is 3.65. The van der Waals surface area contributed by atoms with Gasteiger partial charge in [0.05, 0.1) is 17.9 Å². The molecule has 2 rings (SSSR count). The van der Waals surface area contributed by atoms with Gasteiger partial charge in [0.2, 0.25) is 0 Å². The van der Waals surface area contributed by atoms with Gasteiger partial charge in [0, 0.05) is 17.1 Å². The van der Waals surface area contributed by atoms with Crippen LogP contribution in [0.1, 0.15) is 31.8 Å². The molecule has 2 aromatic rings. The van der Waals surface area contributed by atoms with Crippen LogP contribution in [0.15, 0.2) is 23.8 Å². The molecule has 2 aromatic heterocycles. The number of rotatable bonds is 2. The molecule has 0 radical (unpaired) electrons. The second kappa shape index (κ2) is 4.74. The van der Waals surface area contributed by atoms with E-state index in [1.807, 2.05) is 5.38 Å². The Kier molecular flexibility index (Phi) is 3.45. The Morgan fingerprint density at radius 1 is 1.33 bits per heavy atom. The first-order chi connectivity index (χ1) is 8.38. The molecule has 1 atom stereocenters. The van der Waals surface area contributed by atoms with Gasteiger partial charge in [0.25, 0.3) is 0 Å². The van der Waals surface area contributed by atoms with Crippen LogP contribution < -0.4 is 5.73 Å². The molecule has 0 saturated carbocycles. The van der Waals surface area contributed by atoms with Crippen LogP contribution in [0.5, 0.6) is 0 Å². The molecule has 2 heterocycles. The lowest BCUT2D eigenvalue weighted by Crippen LogP contribution is -2.26. The third kappa shape index (κ3) is 2.73. The lowest BCUT2D eigenvalue weighted by molar-refractivity contribution is 0.326. The Balaban J connectivity index is 2.31. The van der Waals surface area contributed by atoms with E-state index >= 15 is 0 Å². The van der Waals surface area contributed by atoms with Crippen LogP contribution in [0.4, 0.5) is 4.39 Å². The van der Waals surface area contributed by atoms with Gasteiger partial charge in [-0.2, -0.15) is 0 Å². The van der Waals surface area contributed by atoms with Gasteiger partial charge in [0.15, 0.2) is 0 Å². The fourth-order valence-electron chi connectivity index (χ4n) is 1.49. The zero-order valence-corrected chi connectivity index (χ0v) is 11.5. The third-order valence-electron chi connectivity index (χ3n) is 2.72. The summed E-state index contributed by atoms with van der Waals surface area (Å²) in [5, 5.41) is 2.75. The molecule has 5 heteroatoms. The van der Waals surface area contributed by atoms with Crippen molar-refractivity contribution in [1.82, 2.24) is 9.97 Å². The minimum absolute atomic E-state index is 0.0463. The Labute approximate surface area is 110 Å². The monoisotopic (exact) mass is 265 g/mol. The number of aromatic nitrogens is 2. The topological polar surface area (TPSA) is 51.8 Å². The number of hydrogen-bond acceptors (Lipinski definition) is 4. The molecule has 0 aliphatic heterocycles. The van der Waals surface area contributed by atoms with Crippen molar-refractivity contribution >= 4 is 11.3 Å². The lowest BCUT2D eigenvalue weighted by atomic mass is 9.88. The van der Waals surface area contributed by atoms with Crippen molar-refractivity contribution in [3.63, 3.8) is 0 Å². The molecule has 0 spiro atoms. The summed E-state index contributed by atoms with van der Waals surface area (Å²) >= 11 is 1.50. The van der Waals surface area contributed by atoms with E-state index in [2.05, 4.69) is 30.7 Å². The molecule has 18 heavy (non-hydrogen) atoms. The van der Waals surface area contributed by atoms with Crippen LogP contribution in [0.3, 0.4) is 0 Å². The summed E-state index contributed by atoms with van der Waals surface area (Å²) in [7, 11) is 0. The van der Waals surface area contributed by atoms with E-state index in [1.165, 1.54) is 23.6 Å². The molecule has 0 aromatic carbocycles. The highest BCUT2D eigenvalue weighted by atomic mass is 32.1. The van der Waals surface area contributed by atoms with E-state index in [-0.39, 0.29) is 17.3 Å². The smallest absolute Gasteiger partial charge is 0.142 e. The molecule has 1 unspecified atom stereocenters. The van der Waals surface area contributed by atoms with Crippen LogP contribution >= 0.6 is 11.3 Å². The van der Waals surface area contributed by atoms with Crippen molar-refractivity contribution in [2.45, 2.75) is 26.8 Å². The molecule has 3 nitrogen and oxygen atoms in total. The number of halogens is 1. The Morgan fingerprint density at radius 3 is 2.67 bits per heavy atom. The lowest BCUT2D eigenvalue weighted by Gasteiger charge is -2.24. The maximum absolute atomic E-state index is 13.1. The van der Waals surface area contributed by atoms with Gasteiger partial charge in [-0.05, 0) is 11.5 Å². The van der Waals surface area contributed by atoms with Crippen molar-refractivity contribution in [2.75, 3.05) is 0 Å². The Hall–Kier alpha value is -1.33. The molecular formula is C13H16FN3S. The first kappa shape index (κ1) is 13.1. The zero-order chi connectivity index (χ0) is 13.3. The van der Waals surface area contributed by atoms with Gasteiger partial charge >= 0.3 is 0 Å². The molecule has 0 aliphatic carbocycles. The molecule has 0 bridgehead atoms. The summed E-state index contributed by atoms with van der Waals surface area (Å²) in [6.45, 7) is 6.22. The molecule has 0 amide bonds. The van der Waals surface area contributed by atoms with Gasteiger partial charge in [0.1, 0.15) is 10.8 Å². The molecule has 0 fully saturated rings. The summed E-state index contributed by atoms with van der Waals surface area (Å²) in [6, 6.07) is 1.30. The maximum Gasteiger partial charge on any atom is 0.142 e. The van der Waals surface area contributed by atoms with Crippen LogP contribution in [-0.4, -0.2) is 9.97 Å². The fraction of sp³-hybridized carbons (Fsp3) is 0.385. The SMILES string of the molecule is CC(C)(C)C(N)c1nc(-c2cncc(F)c2)cs1. The average Bonchev–Trinajstić information content (AvgIpc) is 2.75. The van der Waals surface area contributed by atoms with E-state index in [4.69, 9.17) is 5.73 Å². The van der Waals surface area contributed by atoms with E-state index in [9.17, 15) is 4.39 Å². The minimum Gasteiger partial charge on any atom is -0.322 e. The van der Waals surface area contributed by atoms with Crippen molar-refractivity contribution in [1.29, 1.82) is 0 Å². The van der Waals surface area contributed by atoms with Crippen molar-refractivity contribution in [3.05, 3.63) is 34.7 Å². The standard InChI is InChI=1S/C13H16FN3S/c1-13(2,3)11(15)12-17-10(7-18-12)8-4-9(14)6-16-5-8/h4-7,11H,15H2,1-3H3. The molecular weight excluding hydrogens is 249 g/mol. The fourth-order valence-corrected chi connectivity index (χ4v) is 2.56. The van der Waals surface area contributed by atoms with Crippen molar-refractivity contribution in [2.24, 2.45) is 11.1 Å². The van der Waals surface area contributed by atoms with Gasteiger partial charge in [-0.25, -0.2) is 9.37 Å². The number of nitrogens with zero attached hydrogens (tertiary/aromatic N) is 2. The van der Waals surface area contributed by atoms with E-state index in [0.29, 0.717) is 5.56 Å². The van der Waals surface area contributed by atoms with E-state index in [0.717, 1.165) is 10.7 Å². The van der Waals surface area contributed by atoms with Gasteiger partial charge in [-0.1, -0.05) is 20.8 Å². The largest absolute Gasteiger partial charge is 0.322 e. The first-order valence-corrected chi connectivity index (χ1v) is 6.58. The van der Waals surface area contributed by atoms with Crippen LogP contribution in [-0.2, 0) is 0 Å². The zero-order valence-electron chi connectivity index (χ0n) is 10.6. The highest BCUT2D eigenvalue weighted by molar-refractivity contribution is 7.10. The number of thiazole rings is 1. The summed E-state index contributed by atoms with van der Waals surface area (Å²) in [5.41, 5.74) is 7.51. The van der Waals surface area contributed by atoms with Crippen LogP contribution in [0, 0.1) is 11.2 Å². The quantitative estimate of drug-likeness (QED) is 0.905. The van der Waals surface area contributed by atoms with Gasteiger partial charge in [-0.15, -0.1) is 11.3 Å². The van der Waals surface area contributed by atoms with Crippen LogP contribution in [0.25, 0.3) is 11.3 Å². The summed E-state index contributed by atoms with van der Waals surface area (Å²) < 4.78 is 13.1. The predicted octanol–water partition coefficient (Wildman–Crippen LogP) is 3.39. The van der Waals surface area contributed by atoms with Gasteiger partial charge < -0.3 is 5.73 Å². The summed E-state index contributed by atoms with van der Waals surface area (Å²) in [4.78, 5) is 8.30. The highest BCUT2D eigenvalue weighted by Crippen LogP contribution is 2.33. The second-order valence-corrected chi connectivity index (χ2v) is 6.20. The van der Waals surface area contributed by atoms with Crippen LogP contribution in [0.2, 0.25) is 0 Å². The predicted molar refractivity (Wildman–Crippen MR) is 71.7 cm³/mol. The summed E-state index contributed by atoms with van der Waals surface area (Å²) in [6.07, 6.45) is 2.78. The van der Waals surface area contributed by atoms with E-state index in [1.54, 1.807) is 6.20 Å². The number of hydrogen-bond donors (Lipinski definition) is 1.